The Balaban J connectivity index is 1.49. The van der Waals surface area contributed by atoms with Gasteiger partial charge in [-0.15, -0.1) is 0 Å². The zero-order valence-corrected chi connectivity index (χ0v) is 15.9. The van der Waals surface area contributed by atoms with E-state index in [-0.39, 0.29) is 23.9 Å². The van der Waals surface area contributed by atoms with Crippen LogP contribution in [0, 0.1) is 11.8 Å². The number of aryl methyl sites for hydroxylation is 1. The van der Waals surface area contributed by atoms with E-state index < -0.39 is 0 Å². The van der Waals surface area contributed by atoms with Gasteiger partial charge in [-0.2, -0.15) is 0 Å². The third-order valence-corrected chi connectivity index (χ3v) is 6.39. The summed E-state index contributed by atoms with van der Waals surface area (Å²) in [5, 5.41) is 0. The molecule has 0 heterocycles. The first-order valence-electron chi connectivity index (χ1n) is 10.1. The summed E-state index contributed by atoms with van der Waals surface area (Å²) in [6.07, 6.45) is 9.65. The number of ketones is 2. The predicted octanol–water partition coefficient (Wildman–Crippen LogP) is 5.42. The molecule has 136 valence electrons. The van der Waals surface area contributed by atoms with Crippen LogP contribution in [0.25, 0.3) is 0 Å². The number of carbonyl (C=O) groups is 2. The second kappa shape index (κ2) is 7.85. The molecule has 2 unspecified atom stereocenters. The number of carbonyl (C=O) groups excluding carboxylic acids is 2. The van der Waals surface area contributed by atoms with Gasteiger partial charge >= 0.3 is 0 Å². The first-order valence-corrected chi connectivity index (χ1v) is 10.1. The van der Waals surface area contributed by atoms with E-state index in [1.165, 1.54) is 24.8 Å². The maximum Gasteiger partial charge on any atom is 0.143 e. The van der Waals surface area contributed by atoms with Gasteiger partial charge in [0.2, 0.25) is 0 Å². The fourth-order valence-electron chi connectivity index (χ4n) is 4.48. The molecule has 2 fully saturated rings. The highest BCUT2D eigenvalue weighted by Crippen LogP contribution is 2.49. The molecular weight excluding hydrogens is 308 g/mol. The average Bonchev–Trinajstić information content (AvgIpc) is 3.17. The number of hydrogen-bond donors (Lipinski definition) is 0. The van der Waals surface area contributed by atoms with E-state index >= 15 is 0 Å². The van der Waals surface area contributed by atoms with E-state index in [1.54, 1.807) is 5.56 Å². The molecule has 3 rings (SSSR count). The van der Waals surface area contributed by atoms with Crippen molar-refractivity contribution >= 4 is 11.6 Å². The van der Waals surface area contributed by atoms with E-state index in [0.29, 0.717) is 17.8 Å². The van der Waals surface area contributed by atoms with Gasteiger partial charge in [0.1, 0.15) is 11.6 Å². The van der Waals surface area contributed by atoms with Gasteiger partial charge in [-0.1, -0.05) is 38.1 Å². The van der Waals surface area contributed by atoms with E-state index in [2.05, 4.69) is 31.2 Å². The van der Waals surface area contributed by atoms with Crippen molar-refractivity contribution in [3.63, 3.8) is 0 Å². The topological polar surface area (TPSA) is 34.1 Å². The molecular formula is C23H32O2. The lowest BCUT2D eigenvalue weighted by Gasteiger charge is -2.17. The maximum absolute atomic E-state index is 12.3. The molecule has 0 aromatic heterocycles. The van der Waals surface area contributed by atoms with Crippen LogP contribution in [-0.2, 0) is 21.4 Å². The van der Waals surface area contributed by atoms with Crippen LogP contribution in [0.3, 0.4) is 0 Å². The Labute approximate surface area is 152 Å². The lowest BCUT2D eigenvalue weighted by molar-refractivity contribution is -0.129. The largest absolute Gasteiger partial charge is 0.299 e. The molecule has 0 aliphatic heterocycles. The van der Waals surface area contributed by atoms with Crippen LogP contribution in [0.4, 0.5) is 0 Å². The van der Waals surface area contributed by atoms with Gasteiger partial charge in [-0.05, 0) is 73.8 Å². The zero-order valence-electron chi connectivity index (χ0n) is 15.9. The first-order chi connectivity index (χ1) is 12.0. The summed E-state index contributed by atoms with van der Waals surface area (Å²) in [7, 11) is 0. The Morgan fingerprint density at radius 2 is 1.92 bits per heavy atom. The van der Waals surface area contributed by atoms with Crippen LogP contribution in [-0.4, -0.2) is 11.6 Å². The first kappa shape index (κ1) is 18.4. The maximum atomic E-state index is 12.3. The van der Waals surface area contributed by atoms with Crippen molar-refractivity contribution in [3.8, 4) is 0 Å². The van der Waals surface area contributed by atoms with Crippen molar-refractivity contribution in [1.82, 2.24) is 0 Å². The SMILES string of the molecule is CCCC(=O)CC(=O)C1CCC(CCc2ccccc2C2(C)CC2)C1. The average molecular weight is 341 g/mol. The Hall–Kier alpha value is -1.44. The summed E-state index contributed by atoms with van der Waals surface area (Å²) in [5.74, 6) is 1.12. The van der Waals surface area contributed by atoms with E-state index in [1.807, 2.05) is 6.92 Å². The summed E-state index contributed by atoms with van der Waals surface area (Å²) in [5.41, 5.74) is 3.48. The van der Waals surface area contributed by atoms with Crippen molar-refractivity contribution in [2.24, 2.45) is 11.8 Å². The second-order valence-electron chi connectivity index (χ2n) is 8.56. The Bertz CT molecular complexity index is 627. The van der Waals surface area contributed by atoms with Gasteiger partial charge in [-0.3, -0.25) is 9.59 Å². The molecule has 1 aromatic rings. The second-order valence-corrected chi connectivity index (χ2v) is 8.56. The molecule has 1 aromatic carbocycles. The minimum Gasteiger partial charge on any atom is -0.299 e. The standard InChI is InChI=1S/C23H32O2/c1-3-6-20(24)16-22(25)19-12-10-17(15-19)9-11-18-7-4-5-8-21(18)23(2)13-14-23/h4-5,7-8,17,19H,3,6,9-16H2,1-2H3. The van der Waals surface area contributed by atoms with Gasteiger partial charge in [0.05, 0.1) is 6.42 Å². The fourth-order valence-corrected chi connectivity index (χ4v) is 4.48. The molecule has 2 atom stereocenters. The molecule has 2 saturated carbocycles. The summed E-state index contributed by atoms with van der Waals surface area (Å²) in [4.78, 5) is 24.0. The van der Waals surface area contributed by atoms with Gasteiger partial charge in [0.25, 0.3) is 0 Å². The third-order valence-electron chi connectivity index (χ3n) is 6.39. The molecule has 0 saturated heterocycles. The number of benzene rings is 1. The molecule has 0 amide bonds. The van der Waals surface area contributed by atoms with Crippen molar-refractivity contribution < 1.29 is 9.59 Å². The van der Waals surface area contributed by atoms with Crippen LogP contribution in [0.15, 0.2) is 24.3 Å². The van der Waals surface area contributed by atoms with Gasteiger partial charge in [-0.25, -0.2) is 0 Å². The van der Waals surface area contributed by atoms with Crippen LogP contribution >= 0.6 is 0 Å². The Morgan fingerprint density at radius 3 is 2.64 bits per heavy atom. The molecule has 0 spiro atoms. The lowest BCUT2D eigenvalue weighted by Crippen LogP contribution is -2.16. The summed E-state index contributed by atoms with van der Waals surface area (Å²) in [6.45, 7) is 4.37. The highest BCUT2D eigenvalue weighted by molar-refractivity contribution is 6.00. The Morgan fingerprint density at radius 1 is 1.16 bits per heavy atom. The minimum atomic E-state index is 0.127. The molecule has 2 nitrogen and oxygen atoms in total. The van der Waals surface area contributed by atoms with Crippen molar-refractivity contribution in [2.75, 3.05) is 0 Å². The predicted molar refractivity (Wildman–Crippen MR) is 102 cm³/mol. The van der Waals surface area contributed by atoms with E-state index in [4.69, 9.17) is 0 Å². The smallest absolute Gasteiger partial charge is 0.143 e. The van der Waals surface area contributed by atoms with Crippen molar-refractivity contribution in [3.05, 3.63) is 35.4 Å². The molecule has 2 aliphatic rings. The number of Topliss-reactive ketones (excluding diaryl/α,β-unsaturated/α-hetero) is 2. The monoisotopic (exact) mass is 340 g/mol. The fraction of sp³-hybridized carbons (Fsp3) is 0.652. The lowest BCUT2D eigenvalue weighted by atomic mass is 9.88. The summed E-state index contributed by atoms with van der Waals surface area (Å²) in [6, 6.07) is 8.92. The highest BCUT2D eigenvalue weighted by atomic mass is 16.1. The van der Waals surface area contributed by atoms with Crippen LogP contribution < -0.4 is 0 Å². The molecule has 0 N–H and O–H groups in total. The normalized spacial score (nSPS) is 24.2. The van der Waals surface area contributed by atoms with Crippen LogP contribution in [0.1, 0.15) is 82.8 Å². The van der Waals surface area contributed by atoms with Crippen molar-refractivity contribution in [1.29, 1.82) is 0 Å². The van der Waals surface area contributed by atoms with Gasteiger partial charge in [0, 0.05) is 12.3 Å². The molecule has 2 heteroatoms. The summed E-state index contributed by atoms with van der Waals surface area (Å²) < 4.78 is 0. The zero-order chi connectivity index (χ0) is 17.9. The number of hydrogen-bond acceptors (Lipinski definition) is 2. The molecule has 0 bridgehead atoms. The molecule has 25 heavy (non-hydrogen) atoms. The minimum absolute atomic E-state index is 0.127. The number of rotatable bonds is 9. The van der Waals surface area contributed by atoms with Gasteiger partial charge in [0.15, 0.2) is 0 Å². The Kier molecular flexibility index (Phi) is 5.76. The quantitative estimate of drug-likeness (QED) is 0.563. The van der Waals surface area contributed by atoms with E-state index in [0.717, 1.165) is 32.1 Å². The van der Waals surface area contributed by atoms with Crippen LogP contribution in [0.5, 0.6) is 0 Å². The summed E-state index contributed by atoms with van der Waals surface area (Å²) >= 11 is 0. The molecule has 2 aliphatic carbocycles. The van der Waals surface area contributed by atoms with Crippen LogP contribution in [0.2, 0.25) is 0 Å². The van der Waals surface area contributed by atoms with E-state index in [9.17, 15) is 9.59 Å². The molecule has 0 radical (unpaired) electrons. The van der Waals surface area contributed by atoms with Crippen molar-refractivity contribution in [2.45, 2.75) is 83.5 Å². The third kappa shape index (κ3) is 4.59. The van der Waals surface area contributed by atoms with Gasteiger partial charge < -0.3 is 0 Å². The highest BCUT2D eigenvalue weighted by Gasteiger charge is 2.40.